The first-order valence-electron chi connectivity index (χ1n) is 6.70. The van der Waals surface area contributed by atoms with Crippen LogP contribution in [0.2, 0.25) is 0 Å². The minimum absolute atomic E-state index is 0.125. The summed E-state index contributed by atoms with van der Waals surface area (Å²) < 4.78 is 0. The van der Waals surface area contributed by atoms with E-state index in [9.17, 15) is 4.79 Å². The topological polar surface area (TPSA) is 55.1 Å². The molecular weight excluding hydrogens is 256 g/mol. The Bertz CT molecular complexity index is 527. The van der Waals surface area contributed by atoms with Crippen molar-refractivity contribution in [2.24, 2.45) is 11.1 Å². The maximum absolute atomic E-state index is 12.3. The Labute approximate surface area is 119 Å². The summed E-state index contributed by atoms with van der Waals surface area (Å²) in [7, 11) is 0. The molecule has 2 rings (SSSR count). The summed E-state index contributed by atoms with van der Waals surface area (Å²) in [5.74, 6) is -0.125. The first kappa shape index (κ1) is 14.0. The van der Waals surface area contributed by atoms with Gasteiger partial charge in [-0.05, 0) is 55.9 Å². The van der Waals surface area contributed by atoms with Crippen LogP contribution in [-0.2, 0) is 17.6 Å². The fourth-order valence-electron chi connectivity index (χ4n) is 2.37. The molecule has 1 aliphatic rings. The molecule has 1 aromatic carbocycles. The highest BCUT2D eigenvalue weighted by Gasteiger charge is 2.34. The quantitative estimate of drug-likeness (QED) is 0.831. The van der Waals surface area contributed by atoms with E-state index in [1.54, 1.807) is 6.92 Å². The molecule has 1 aliphatic carbocycles. The molecule has 1 unspecified atom stereocenters. The number of carbonyl (C=O) groups excluding carboxylic acids is 1. The van der Waals surface area contributed by atoms with Crippen molar-refractivity contribution in [3.8, 4) is 0 Å². The highest BCUT2D eigenvalue weighted by Crippen LogP contribution is 2.27. The van der Waals surface area contributed by atoms with Crippen LogP contribution in [0.25, 0.3) is 0 Å². The summed E-state index contributed by atoms with van der Waals surface area (Å²) in [5, 5.41) is 2.94. The number of fused-ring (bicyclic) bond motifs is 1. The van der Waals surface area contributed by atoms with Gasteiger partial charge in [-0.2, -0.15) is 0 Å². The fraction of sp³-hybridized carbons (Fsp3) is 0.467. The predicted molar refractivity (Wildman–Crippen MR) is 82.3 cm³/mol. The molecule has 102 valence electrons. The number of amides is 1. The number of carbonyl (C=O) groups is 1. The molecule has 3 N–H and O–H groups in total. The van der Waals surface area contributed by atoms with E-state index in [4.69, 9.17) is 18.0 Å². The van der Waals surface area contributed by atoms with Gasteiger partial charge in [0, 0.05) is 5.69 Å². The first-order valence-corrected chi connectivity index (χ1v) is 7.11. The lowest BCUT2D eigenvalue weighted by Gasteiger charge is -2.25. The van der Waals surface area contributed by atoms with E-state index in [1.807, 2.05) is 13.0 Å². The van der Waals surface area contributed by atoms with Crippen LogP contribution in [0.5, 0.6) is 0 Å². The summed E-state index contributed by atoms with van der Waals surface area (Å²) in [5.41, 5.74) is 8.48. The van der Waals surface area contributed by atoms with Gasteiger partial charge in [0.2, 0.25) is 5.91 Å². The van der Waals surface area contributed by atoms with E-state index in [0.29, 0.717) is 6.42 Å². The third-order valence-electron chi connectivity index (χ3n) is 4.11. The van der Waals surface area contributed by atoms with Crippen molar-refractivity contribution >= 4 is 28.8 Å². The molecule has 19 heavy (non-hydrogen) atoms. The number of aryl methyl sites for hydroxylation is 2. The number of rotatable bonds is 4. The van der Waals surface area contributed by atoms with Crippen molar-refractivity contribution in [2.45, 2.75) is 39.5 Å². The zero-order valence-electron chi connectivity index (χ0n) is 11.5. The van der Waals surface area contributed by atoms with Gasteiger partial charge in [0.1, 0.15) is 0 Å². The normalized spacial score (nSPS) is 16.5. The fourth-order valence-corrected chi connectivity index (χ4v) is 2.60. The van der Waals surface area contributed by atoms with E-state index < -0.39 is 5.41 Å². The molecule has 0 saturated carbocycles. The largest absolute Gasteiger partial charge is 0.392 e. The van der Waals surface area contributed by atoms with E-state index in [1.165, 1.54) is 17.5 Å². The molecule has 0 heterocycles. The molecule has 1 amide bonds. The van der Waals surface area contributed by atoms with Crippen LogP contribution in [0.15, 0.2) is 18.2 Å². The molecule has 0 bridgehead atoms. The second-order valence-corrected chi connectivity index (χ2v) is 5.78. The minimum Gasteiger partial charge on any atom is -0.392 e. The van der Waals surface area contributed by atoms with Crippen molar-refractivity contribution in [2.75, 3.05) is 5.32 Å². The second kappa shape index (κ2) is 5.29. The van der Waals surface area contributed by atoms with Crippen LogP contribution in [0, 0.1) is 5.41 Å². The highest BCUT2D eigenvalue weighted by atomic mass is 32.1. The Morgan fingerprint density at radius 1 is 1.42 bits per heavy atom. The number of benzene rings is 1. The lowest BCUT2D eigenvalue weighted by atomic mass is 9.86. The number of hydrogen-bond donors (Lipinski definition) is 2. The Hall–Kier alpha value is -1.42. The lowest BCUT2D eigenvalue weighted by Crippen LogP contribution is -2.43. The van der Waals surface area contributed by atoms with Crippen LogP contribution >= 0.6 is 12.2 Å². The van der Waals surface area contributed by atoms with Gasteiger partial charge in [0.05, 0.1) is 10.4 Å². The van der Waals surface area contributed by atoms with Crippen LogP contribution < -0.4 is 11.1 Å². The third kappa shape index (κ3) is 2.63. The SMILES string of the molecule is CCC(C)(C(=O)Nc1ccc2c(c1)CCC2)C(N)=S. The zero-order chi connectivity index (χ0) is 14.0. The van der Waals surface area contributed by atoms with E-state index >= 15 is 0 Å². The predicted octanol–water partition coefficient (Wildman–Crippen LogP) is 2.82. The minimum atomic E-state index is -0.783. The molecule has 0 radical (unpaired) electrons. The number of nitrogens with one attached hydrogen (secondary N) is 1. The van der Waals surface area contributed by atoms with Gasteiger partial charge in [0.15, 0.2) is 0 Å². The summed E-state index contributed by atoms with van der Waals surface area (Å²) in [6.07, 6.45) is 4.04. The first-order chi connectivity index (χ1) is 8.97. The van der Waals surface area contributed by atoms with Gasteiger partial charge < -0.3 is 11.1 Å². The molecular formula is C15H20N2OS. The molecule has 3 nitrogen and oxygen atoms in total. The standard InChI is InChI=1S/C15H20N2OS/c1-3-15(2,13(16)19)14(18)17-12-8-7-10-5-4-6-11(10)9-12/h7-9H,3-6H2,1-2H3,(H2,16,19)(H,17,18). The average molecular weight is 276 g/mol. The highest BCUT2D eigenvalue weighted by molar-refractivity contribution is 7.80. The zero-order valence-corrected chi connectivity index (χ0v) is 12.3. The van der Waals surface area contributed by atoms with Crippen molar-refractivity contribution in [1.29, 1.82) is 0 Å². The van der Waals surface area contributed by atoms with Gasteiger partial charge >= 0.3 is 0 Å². The Morgan fingerprint density at radius 2 is 2.11 bits per heavy atom. The number of nitrogens with two attached hydrogens (primary N) is 1. The smallest absolute Gasteiger partial charge is 0.237 e. The summed E-state index contributed by atoms with van der Waals surface area (Å²) >= 11 is 5.02. The van der Waals surface area contributed by atoms with Crippen molar-refractivity contribution in [1.82, 2.24) is 0 Å². The maximum Gasteiger partial charge on any atom is 0.237 e. The van der Waals surface area contributed by atoms with Crippen molar-refractivity contribution in [3.05, 3.63) is 29.3 Å². The van der Waals surface area contributed by atoms with E-state index in [0.717, 1.165) is 18.5 Å². The number of hydrogen-bond acceptors (Lipinski definition) is 2. The van der Waals surface area contributed by atoms with E-state index in [2.05, 4.69) is 17.4 Å². The van der Waals surface area contributed by atoms with Crippen molar-refractivity contribution < 1.29 is 4.79 Å². The molecule has 0 spiro atoms. The number of anilines is 1. The van der Waals surface area contributed by atoms with Crippen LogP contribution in [-0.4, -0.2) is 10.9 Å². The van der Waals surface area contributed by atoms with Gasteiger partial charge in [0.25, 0.3) is 0 Å². The van der Waals surface area contributed by atoms with Gasteiger partial charge in [-0.3, -0.25) is 4.79 Å². The molecule has 0 aliphatic heterocycles. The molecule has 4 heteroatoms. The van der Waals surface area contributed by atoms with Crippen LogP contribution in [0.1, 0.15) is 37.8 Å². The molecule has 0 aromatic heterocycles. The second-order valence-electron chi connectivity index (χ2n) is 5.34. The van der Waals surface area contributed by atoms with Crippen LogP contribution in [0.4, 0.5) is 5.69 Å². The summed E-state index contributed by atoms with van der Waals surface area (Å²) in [6, 6.07) is 6.12. The van der Waals surface area contributed by atoms with Crippen molar-refractivity contribution in [3.63, 3.8) is 0 Å². The van der Waals surface area contributed by atoms with Crippen LogP contribution in [0.3, 0.4) is 0 Å². The molecule has 0 fully saturated rings. The van der Waals surface area contributed by atoms with Gasteiger partial charge in [-0.15, -0.1) is 0 Å². The monoisotopic (exact) mass is 276 g/mol. The Morgan fingerprint density at radius 3 is 2.74 bits per heavy atom. The van der Waals surface area contributed by atoms with Gasteiger partial charge in [-0.1, -0.05) is 25.2 Å². The Kier molecular flexibility index (Phi) is 3.90. The van der Waals surface area contributed by atoms with Gasteiger partial charge in [-0.25, -0.2) is 0 Å². The maximum atomic E-state index is 12.3. The summed E-state index contributed by atoms with van der Waals surface area (Å²) in [4.78, 5) is 12.6. The van der Waals surface area contributed by atoms with E-state index in [-0.39, 0.29) is 10.9 Å². The summed E-state index contributed by atoms with van der Waals surface area (Å²) in [6.45, 7) is 3.71. The molecule has 1 aromatic rings. The third-order valence-corrected chi connectivity index (χ3v) is 4.56. The average Bonchev–Trinajstić information content (AvgIpc) is 2.84. The number of thiocarbonyl (C=S) groups is 1. The lowest BCUT2D eigenvalue weighted by molar-refractivity contribution is -0.121. The Balaban J connectivity index is 2.17. The molecule has 0 saturated heterocycles. The molecule has 1 atom stereocenters.